The molecule has 7 heteroatoms. The quantitative estimate of drug-likeness (QED) is 0.812. The van der Waals surface area contributed by atoms with Crippen LogP contribution in [0.4, 0.5) is 9.59 Å². The Hall–Kier alpha value is -1.50. The van der Waals surface area contributed by atoms with Gasteiger partial charge in [0.05, 0.1) is 19.7 Å². The highest BCUT2D eigenvalue weighted by Gasteiger charge is 2.50. The van der Waals surface area contributed by atoms with E-state index in [9.17, 15) is 9.59 Å². The first kappa shape index (κ1) is 14.9. The van der Waals surface area contributed by atoms with Crippen LogP contribution in [-0.4, -0.2) is 71.1 Å². The summed E-state index contributed by atoms with van der Waals surface area (Å²) in [6, 6.07) is 0. The van der Waals surface area contributed by atoms with Crippen LogP contribution in [0.1, 0.15) is 27.2 Å². The van der Waals surface area contributed by atoms with Crippen LogP contribution in [0.5, 0.6) is 0 Å². The smallest absolute Gasteiger partial charge is 0.410 e. The lowest BCUT2D eigenvalue weighted by Crippen LogP contribution is -2.41. The third-order valence-electron chi connectivity index (χ3n) is 3.38. The second-order valence-electron chi connectivity index (χ2n) is 6.35. The maximum Gasteiger partial charge on any atom is 0.410 e. The Balaban J connectivity index is 1.95. The number of hydrogen-bond acceptors (Lipinski definition) is 5. The van der Waals surface area contributed by atoms with Gasteiger partial charge in [-0.1, -0.05) is 0 Å². The van der Waals surface area contributed by atoms with Crippen LogP contribution in [0.3, 0.4) is 0 Å². The Labute approximate surface area is 118 Å². The van der Waals surface area contributed by atoms with Crippen molar-refractivity contribution in [3.63, 3.8) is 0 Å². The van der Waals surface area contributed by atoms with Gasteiger partial charge in [0.1, 0.15) is 5.60 Å². The molecule has 2 amide bonds. The molecule has 2 aliphatic rings. The molecule has 114 valence electrons. The second-order valence-corrected chi connectivity index (χ2v) is 6.35. The summed E-state index contributed by atoms with van der Waals surface area (Å²) in [7, 11) is 0. The fourth-order valence-corrected chi connectivity index (χ4v) is 2.52. The van der Waals surface area contributed by atoms with Gasteiger partial charge in [-0.25, -0.2) is 9.59 Å². The van der Waals surface area contributed by atoms with Crippen molar-refractivity contribution < 1.29 is 24.2 Å². The molecule has 20 heavy (non-hydrogen) atoms. The number of rotatable bonds is 2. The van der Waals surface area contributed by atoms with Crippen LogP contribution in [0.25, 0.3) is 0 Å². The first-order chi connectivity index (χ1) is 9.25. The van der Waals surface area contributed by atoms with Crippen molar-refractivity contribution in [1.29, 1.82) is 0 Å². The SMILES string of the molecule is CC(C)(C)OC(=O)N1CCC2(C1)CN(CCO)C(=O)O2. The summed E-state index contributed by atoms with van der Waals surface area (Å²) in [5, 5.41) is 8.91. The number of carbonyl (C=O) groups is 2. The minimum atomic E-state index is -0.650. The van der Waals surface area contributed by atoms with Gasteiger partial charge in [0.2, 0.25) is 0 Å². The standard InChI is InChI=1S/C13H22N2O5/c1-12(2,3)19-10(17)14-5-4-13(8-14)9-15(6-7-16)11(18)20-13/h16H,4-9H2,1-3H3. The van der Waals surface area contributed by atoms with E-state index >= 15 is 0 Å². The molecule has 2 fully saturated rings. The van der Waals surface area contributed by atoms with Crippen molar-refractivity contribution in [1.82, 2.24) is 9.80 Å². The molecule has 7 nitrogen and oxygen atoms in total. The molecule has 2 heterocycles. The predicted octanol–water partition coefficient (Wildman–Crippen LogP) is 0.810. The van der Waals surface area contributed by atoms with Crippen LogP contribution in [0, 0.1) is 0 Å². The van der Waals surface area contributed by atoms with Crippen LogP contribution >= 0.6 is 0 Å². The van der Waals surface area contributed by atoms with Crippen LogP contribution < -0.4 is 0 Å². The van der Waals surface area contributed by atoms with Gasteiger partial charge in [0.25, 0.3) is 0 Å². The molecule has 0 aliphatic carbocycles. The largest absolute Gasteiger partial charge is 0.444 e. The third kappa shape index (κ3) is 3.15. The second kappa shape index (κ2) is 5.12. The van der Waals surface area contributed by atoms with E-state index in [1.54, 1.807) is 4.90 Å². The van der Waals surface area contributed by atoms with Gasteiger partial charge in [0.15, 0.2) is 5.60 Å². The van der Waals surface area contributed by atoms with E-state index in [2.05, 4.69) is 0 Å². The van der Waals surface area contributed by atoms with Gasteiger partial charge in [-0.05, 0) is 20.8 Å². The number of nitrogens with zero attached hydrogens (tertiary/aromatic N) is 2. The van der Waals surface area contributed by atoms with Crippen molar-refractivity contribution in [3.05, 3.63) is 0 Å². The molecule has 0 aromatic rings. The zero-order chi connectivity index (χ0) is 15.0. The van der Waals surface area contributed by atoms with Gasteiger partial charge >= 0.3 is 12.2 Å². The Kier molecular flexibility index (Phi) is 3.82. The molecule has 2 saturated heterocycles. The molecule has 1 N–H and O–H groups in total. The van der Waals surface area contributed by atoms with Crippen molar-refractivity contribution in [2.75, 3.05) is 32.8 Å². The van der Waals surface area contributed by atoms with Crippen LogP contribution in [0.2, 0.25) is 0 Å². The highest BCUT2D eigenvalue weighted by atomic mass is 16.6. The zero-order valence-electron chi connectivity index (χ0n) is 12.2. The monoisotopic (exact) mass is 286 g/mol. The van der Waals surface area contributed by atoms with Crippen molar-refractivity contribution in [2.24, 2.45) is 0 Å². The summed E-state index contributed by atoms with van der Waals surface area (Å²) in [6.07, 6.45) is -0.212. The summed E-state index contributed by atoms with van der Waals surface area (Å²) in [5.41, 5.74) is -1.19. The lowest BCUT2D eigenvalue weighted by atomic mass is 10.0. The molecule has 0 aromatic carbocycles. The molecule has 1 unspecified atom stereocenters. The Bertz CT molecular complexity index is 406. The maximum atomic E-state index is 12.0. The third-order valence-corrected chi connectivity index (χ3v) is 3.38. The highest BCUT2D eigenvalue weighted by molar-refractivity contribution is 5.72. The lowest BCUT2D eigenvalue weighted by molar-refractivity contribution is 0.0200. The van der Waals surface area contributed by atoms with Crippen molar-refractivity contribution in [3.8, 4) is 0 Å². The van der Waals surface area contributed by atoms with E-state index in [4.69, 9.17) is 14.6 Å². The predicted molar refractivity (Wildman–Crippen MR) is 70.3 cm³/mol. The Morgan fingerprint density at radius 1 is 1.45 bits per heavy atom. The number of β-amino-alcohol motifs (C(OH)–C–C–N with tert-alkyl or cyclic N) is 1. The van der Waals surface area contributed by atoms with Crippen LogP contribution in [0.15, 0.2) is 0 Å². The number of amides is 2. The summed E-state index contributed by atoms with van der Waals surface area (Å²) in [5.74, 6) is 0. The normalized spacial score (nSPS) is 26.3. The van der Waals surface area contributed by atoms with Gasteiger partial charge in [-0.3, -0.25) is 0 Å². The molecule has 1 atom stereocenters. The molecule has 0 bridgehead atoms. The van der Waals surface area contributed by atoms with Crippen molar-refractivity contribution in [2.45, 2.75) is 38.4 Å². The number of ether oxygens (including phenoxy) is 2. The summed E-state index contributed by atoms with van der Waals surface area (Å²) in [4.78, 5) is 26.7. The molecule has 1 spiro atoms. The zero-order valence-corrected chi connectivity index (χ0v) is 12.2. The van der Waals surface area contributed by atoms with Gasteiger partial charge in [-0.2, -0.15) is 0 Å². The molecule has 2 rings (SSSR count). The first-order valence-electron chi connectivity index (χ1n) is 6.81. The molecule has 0 radical (unpaired) electrons. The molecule has 2 aliphatic heterocycles. The van der Waals surface area contributed by atoms with E-state index in [0.29, 0.717) is 26.1 Å². The van der Waals surface area contributed by atoms with E-state index in [0.717, 1.165) is 0 Å². The maximum absolute atomic E-state index is 12.0. The number of likely N-dealkylation sites (tertiary alicyclic amines) is 1. The van der Waals surface area contributed by atoms with E-state index < -0.39 is 17.3 Å². The fourth-order valence-electron chi connectivity index (χ4n) is 2.52. The summed E-state index contributed by atoms with van der Waals surface area (Å²) >= 11 is 0. The van der Waals surface area contributed by atoms with Crippen molar-refractivity contribution >= 4 is 12.2 Å². The van der Waals surface area contributed by atoms with Gasteiger partial charge in [0, 0.05) is 19.5 Å². The topological polar surface area (TPSA) is 79.3 Å². The highest BCUT2D eigenvalue weighted by Crippen LogP contribution is 2.32. The number of carbonyl (C=O) groups excluding carboxylic acids is 2. The fraction of sp³-hybridized carbons (Fsp3) is 0.846. The summed E-state index contributed by atoms with van der Waals surface area (Å²) in [6.45, 7) is 6.87. The van der Waals surface area contributed by atoms with Crippen LogP contribution in [-0.2, 0) is 9.47 Å². The Morgan fingerprint density at radius 2 is 2.15 bits per heavy atom. The van der Waals surface area contributed by atoms with E-state index in [1.165, 1.54) is 4.90 Å². The molecular formula is C13H22N2O5. The Morgan fingerprint density at radius 3 is 2.75 bits per heavy atom. The van der Waals surface area contributed by atoms with Gasteiger partial charge < -0.3 is 24.4 Å². The number of aliphatic hydroxyl groups excluding tert-OH is 1. The molecule has 0 aromatic heterocycles. The minimum absolute atomic E-state index is 0.0963. The molecular weight excluding hydrogens is 264 g/mol. The van der Waals surface area contributed by atoms with Gasteiger partial charge in [-0.15, -0.1) is 0 Å². The average molecular weight is 286 g/mol. The average Bonchev–Trinajstić information content (AvgIpc) is 2.83. The minimum Gasteiger partial charge on any atom is -0.444 e. The number of aliphatic hydroxyl groups is 1. The summed E-state index contributed by atoms with van der Waals surface area (Å²) < 4.78 is 10.7. The lowest BCUT2D eigenvalue weighted by Gasteiger charge is -2.25. The van der Waals surface area contributed by atoms with E-state index in [1.807, 2.05) is 20.8 Å². The number of hydrogen-bond donors (Lipinski definition) is 1. The van der Waals surface area contributed by atoms with E-state index in [-0.39, 0.29) is 19.2 Å². The molecule has 0 saturated carbocycles. The first-order valence-corrected chi connectivity index (χ1v) is 6.81.